The summed E-state index contributed by atoms with van der Waals surface area (Å²) in [5.41, 5.74) is 0.0779. The zero-order valence-corrected chi connectivity index (χ0v) is 12.4. The van der Waals surface area contributed by atoms with Gasteiger partial charge in [-0.25, -0.2) is 0 Å². The van der Waals surface area contributed by atoms with Gasteiger partial charge in [0.05, 0.1) is 10.6 Å². The Hall–Kier alpha value is -1.20. The van der Waals surface area contributed by atoms with Gasteiger partial charge < -0.3 is 4.74 Å². The van der Waals surface area contributed by atoms with Crippen LogP contribution in [0.2, 0.25) is 5.02 Å². The first-order chi connectivity index (χ1) is 9.38. The highest BCUT2D eigenvalue weighted by atomic mass is 79.9. The molecule has 0 fully saturated rings. The van der Waals surface area contributed by atoms with Gasteiger partial charge >= 0.3 is 6.18 Å². The van der Waals surface area contributed by atoms with E-state index in [1.807, 2.05) is 30.3 Å². The minimum Gasteiger partial charge on any atom is -0.487 e. The summed E-state index contributed by atoms with van der Waals surface area (Å²) in [7, 11) is 0. The number of halogens is 5. The Kier molecular flexibility index (Phi) is 4.60. The summed E-state index contributed by atoms with van der Waals surface area (Å²) in [4.78, 5) is 0. The van der Waals surface area contributed by atoms with Gasteiger partial charge in [0.1, 0.15) is 12.4 Å². The maximum atomic E-state index is 12.7. The molecule has 0 aliphatic heterocycles. The summed E-state index contributed by atoms with van der Waals surface area (Å²) in [6.07, 6.45) is -4.46. The molecule has 0 atom stereocenters. The Morgan fingerprint density at radius 3 is 2.35 bits per heavy atom. The molecule has 0 N–H and O–H groups in total. The van der Waals surface area contributed by atoms with E-state index in [-0.39, 0.29) is 21.9 Å². The van der Waals surface area contributed by atoms with Gasteiger partial charge in [-0.15, -0.1) is 0 Å². The van der Waals surface area contributed by atoms with Crippen LogP contribution in [-0.4, -0.2) is 0 Å². The first kappa shape index (κ1) is 15.2. The molecule has 2 rings (SSSR count). The van der Waals surface area contributed by atoms with Gasteiger partial charge in [0, 0.05) is 4.47 Å². The fourth-order valence-electron chi connectivity index (χ4n) is 1.59. The standard InChI is InChI=1S/C14H9BrClF3O/c15-11-7-13(12(16)6-10(11)14(17,18)19)20-8-9-4-2-1-3-5-9/h1-7H,8H2. The lowest BCUT2D eigenvalue weighted by molar-refractivity contribution is -0.138. The van der Waals surface area contributed by atoms with Crippen LogP contribution < -0.4 is 4.74 Å². The lowest BCUT2D eigenvalue weighted by Crippen LogP contribution is -2.06. The van der Waals surface area contributed by atoms with E-state index in [2.05, 4.69) is 15.9 Å². The molecule has 2 aromatic carbocycles. The minimum atomic E-state index is -4.46. The fraction of sp³-hybridized carbons (Fsp3) is 0.143. The normalized spacial score (nSPS) is 11.4. The largest absolute Gasteiger partial charge is 0.487 e. The molecule has 6 heteroatoms. The molecule has 0 unspecified atom stereocenters. The second-order valence-electron chi connectivity index (χ2n) is 4.03. The van der Waals surface area contributed by atoms with E-state index in [4.69, 9.17) is 16.3 Å². The van der Waals surface area contributed by atoms with Crippen molar-refractivity contribution in [1.82, 2.24) is 0 Å². The van der Waals surface area contributed by atoms with Crippen LogP contribution in [0.25, 0.3) is 0 Å². The summed E-state index contributed by atoms with van der Waals surface area (Å²) in [5.74, 6) is 0.204. The molecule has 0 aromatic heterocycles. The third-order valence-corrected chi connectivity index (χ3v) is 3.52. The SMILES string of the molecule is FC(F)(F)c1cc(Cl)c(OCc2ccccc2)cc1Br. The fourth-order valence-corrected chi connectivity index (χ4v) is 2.36. The molecule has 106 valence electrons. The maximum Gasteiger partial charge on any atom is 0.417 e. The Labute approximate surface area is 127 Å². The Morgan fingerprint density at radius 2 is 1.75 bits per heavy atom. The molecule has 0 saturated heterocycles. The highest BCUT2D eigenvalue weighted by Gasteiger charge is 2.33. The molecular weight excluding hydrogens is 357 g/mol. The van der Waals surface area contributed by atoms with Gasteiger partial charge in [0.2, 0.25) is 0 Å². The molecule has 1 nitrogen and oxygen atoms in total. The monoisotopic (exact) mass is 364 g/mol. The van der Waals surface area contributed by atoms with Crippen molar-refractivity contribution in [3.63, 3.8) is 0 Å². The van der Waals surface area contributed by atoms with Crippen LogP contribution in [0.3, 0.4) is 0 Å². The summed E-state index contributed by atoms with van der Waals surface area (Å²) in [5, 5.41) is -0.0727. The first-order valence-electron chi connectivity index (χ1n) is 5.61. The van der Waals surface area contributed by atoms with Crippen molar-refractivity contribution in [2.75, 3.05) is 0 Å². The number of benzene rings is 2. The molecule has 0 heterocycles. The summed E-state index contributed by atoms with van der Waals surface area (Å²) < 4.78 is 43.4. The van der Waals surface area contributed by atoms with E-state index in [1.165, 1.54) is 6.07 Å². The third-order valence-electron chi connectivity index (χ3n) is 2.56. The predicted molar refractivity (Wildman–Crippen MR) is 74.9 cm³/mol. The van der Waals surface area contributed by atoms with E-state index in [1.54, 1.807) is 0 Å². The molecule has 20 heavy (non-hydrogen) atoms. The van der Waals surface area contributed by atoms with E-state index >= 15 is 0 Å². The second-order valence-corrected chi connectivity index (χ2v) is 5.30. The summed E-state index contributed by atoms with van der Waals surface area (Å²) >= 11 is 8.71. The van der Waals surface area contributed by atoms with Crippen molar-refractivity contribution >= 4 is 27.5 Å². The zero-order valence-electron chi connectivity index (χ0n) is 10.0. The lowest BCUT2D eigenvalue weighted by atomic mass is 10.2. The van der Waals surface area contributed by atoms with Crippen molar-refractivity contribution in [3.8, 4) is 5.75 Å². The van der Waals surface area contributed by atoms with Gasteiger partial charge in [0.25, 0.3) is 0 Å². The molecule has 0 bridgehead atoms. The van der Waals surface area contributed by atoms with Crippen LogP contribution in [0.4, 0.5) is 13.2 Å². The van der Waals surface area contributed by atoms with E-state index in [0.29, 0.717) is 0 Å². The smallest absolute Gasteiger partial charge is 0.417 e. The van der Waals surface area contributed by atoms with Crippen molar-refractivity contribution in [2.45, 2.75) is 12.8 Å². The highest BCUT2D eigenvalue weighted by molar-refractivity contribution is 9.10. The zero-order chi connectivity index (χ0) is 14.8. The summed E-state index contributed by atoms with van der Waals surface area (Å²) in [6, 6.07) is 11.4. The van der Waals surface area contributed by atoms with Crippen molar-refractivity contribution in [2.24, 2.45) is 0 Å². The number of hydrogen-bond donors (Lipinski definition) is 0. The molecule has 0 aliphatic carbocycles. The average molecular weight is 366 g/mol. The van der Waals surface area contributed by atoms with Crippen LogP contribution in [0.15, 0.2) is 46.9 Å². The highest BCUT2D eigenvalue weighted by Crippen LogP contribution is 2.40. The van der Waals surface area contributed by atoms with Crippen LogP contribution in [-0.2, 0) is 12.8 Å². The molecular formula is C14H9BrClF3O. The number of alkyl halides is 3. The van der Waals surface area contributed by atoms with Crippen LogP contribution >= 0.6 is 27.5 Å². The van der Waals surface area contributed by atoms with Gasteiger partial charge in [-0.2, -0.15) is 13.2 Å². The maximum absolute atomic E-state index is 12.7. The molecule has 2 aromatic rings. The van der Waals surface area contributed by atoms with E-state index < -0.39 is 11.7 Å². The van der Waals surface area contributed by atoms with Crippen LogP contribution in [0.5, 0.6) is 5.75 Å². The van der Waals surface area contributed by atoms with Crippen LogP contribution in [0, 0.1) is 0 Å². The van der Waals surface area contributed by atoms with Crippen LogP contribution in [0.1, 0.15) is 11.1 Å². The average Bonchev–Trinajstić information content (AvgIpc) is 2.39. The topological polar surface area (TPSA) is 9.23 Å². The van der Waals surface area contributed by atoms with Gasteiger partial charge in [-0.1, -0.05) is 57.9 Å². The Bertz CT molecular complexity index is 599. The molecule has 0 amide bonds. The first-order valence-corrected chi connectivity index (χ1v) is 6.78. The third kappa shape index (κ3) is 3.67. The van der Waals surface area contributed by atoms with Gasteiger partial charge in [-0.05, 0) is 17.7 Å². The van der Waals surface area contributed by atoms with Crippen molar-refractivity contribution in [3.05, 3.63) is 63.1 Å². The Morgan fingerprint density at radius 1 is 1.10 bits per heavy atom. The van der Waals surface area contributed by atoms with Gasteiger partial charge in [0.15, 0.2) is 0 Å². The molecule has 0 radical (unpaired) electrons. The van der Waals surface area contributed by atoms with E-state index in [0.717, 1.165) is 11.6 Å². The van der Waals surface area contributed by atoms with Gasteiger partial charge in [-0.3, -0.25) is 0 Å². The lowest BCUT2D eigenvalue weighted by Gasteiger charge is -2.13. The minimum absolute atomic E-state index is 0.0727. The van der Waals surface area contributed by atoms with E-state index in [9.17, 15) is 13.2 Å². The van der Waals surface area contributed by atoms with Crippen molar-refractivity contribution < 1.29 is 17.9 Å². The van der Waals surface area contributed by atoms with Crippen molar-refractivity contribution in [1.29, 1.82) is 0 Å². The Balaban J connectivity index is 2.20. The number of rotatable bonds is 3. The quantitative estimate of drug-likeness (QED) is 0.678. The summed E-state index contributed by atoms with van der Waals surface area (Å²) in [6.45, 7) is 0.234. The molecule has 0 aliphatic rings. The molecule has 0 saturated carbocycles. The predicted octanol–water partition coefficient (Wildman–Crippen LogP) is 5.70. The number of hydrogen-bond acceptors (Lipinski definition) is 1. The second kappa shape index (κ2) is 6.06. The molecule has 0 spiro atoms. The number of ether oxygens (including phenoxy) is 1.